The number of aliphatic hydroxyl groups is 1. The molecule has 0 saturated heterocycles. The van der Waals surface area contributed by atoms with Gasteiger partial charge in [-0.3, -0.25) is 0 Å². The lowest BCUT2D eigenvalue weighted by Crippen LogP contribution is -2.14. The predicted molar refractivity (Wildman–Crippen MR) is 66.9 cm³/mol. The number of ether oxygens (including phenoxy) is 1. The summed E-state index contributed by atoms with van der Waals surface area (Å²) in [7, 11) is -3.04. The van der Waals surface area contributed by atoms with Gasteiger partial charge in [0.05, 0.1) is 18.1 Å². The summed E-state index contributed by atoms with van der Waals surface area (Å²) in [6.45, 7) is 0.308. The number of para-hydroxylation sites is 1. The molecular weight excluding hydrogens is 240 g/mol. The van der Waals surface area contributed by atoms with Crippen LogP contribution in [0.4, 0.5) is 0 Å². The fourth-order valence-corrected chi connectivity index (χ4v) is 2.70. The van der Waals surface area contributed by atoms with Gasteiger partial charge in [-0.15, -0.1) is 0 Å². The highest BCUT2D eigenvalue weighted by atomic mass is 32.2. The van der Waals surface area contributed by atoms with Crippen molar-refractivity contribution in [2.24, 2.45) is 0 Å². The van der Waals surface area contributed by atoms with Crippen LogP contribution < -0.4 is 4.74 Å². The minimum atomic E-state index is -3.04. The predicted octanol–water partition coefficient (Wildman–Crippen LogP) is 1.25. The zero-order chi connectivity index (χ0) is 12.6. The number of rotatable bonds is 8. The van der Waals surface area contributed by atoms with Gasteiger partial charge in [0.2, 0.25) is 0 Å². The molecule has 1 N–H and O–H groups in total. The van der Waals surface area contributed by atoms with Crippen LogP contribution in [0.5, 0.6) is 5.75 Å². The Morgan fingerprint density at radius 2 is 1.71 bits per heavy atom. The molecule has 5 heteroatoms. The van der Waals surface area contributed by atoms with Gasteiger partial charge < -0.3 is 9.84 Å². The summed E-state index contributed by atoms with van der Waals surface area (Å²) in [6, 6.07) is 9.30. The van der Waals surface area contributed by atoms with Crippen LogP contribution in [0.3, 0.4) is 0 Å². The molecule has 0 unspecified atom stereocenters. The van der Waals surface area contributed by atoms with Crippen LogP contribution in [-0.2, 0) is 9.84 Å². The number of hydrogen-bond donors (Lipinski definition) is 1. The zero-order valence-corrected chi connectivity index (χ0v) is 10.5. The van der Waals surface area contributed by atoms with E-state index in [0.29, 0.717) is 19.4 Å². The van der Waals surface area contributed by atoms with E-state index in [1.54, 1.807) is 0 Å². The minimum absolute atomic E-state index is 0.0504. The summed E-state index contributed by atoms with van der Waals surface area (Å²) in [5.74, 6) is 0.912. The zero-order valence-electron chi connectivity index (χ0n) is 9.71. The molecule has 0 bridgehead atoms. The maximum atomic E-state index is 11.4. The molecule has 1 aromatic carbocycles. The van der Waals surface area contributed by atoms with Crippen LogP contribution in [0.2, 0.25) is 0 Å². The fourth-order valence-electron chi connectivity index (χ4n) is 1.37. The molecule has 0 aliphatic heterocycles. The van der Waals surface area contributed by atoms with Crippen molar-refractivity contribution in [2.75, 3.05) is 24.7 Å². The molecule has 0 radical (unpaired) electrons. The Kier molecular flexibility index (Phi) is 6.00. The molecule has 17 heavy (non-hydrogen) atoms. The standard InChI is InChI=1S/C12H18O4S/c13-8-4-10-17(14,15)11-5-9-16-12-6-2-1-3-7-12/h1-3,6-7,13H,4-5,8-11H2. The maximum absolute atomic E-state index is 11.4. The smallest absolute Gasteiger partial charge is 0.150 e. The van der Waals surface area contributed by atoms with Crippen molar-refractivity contribution in [1.82, 2.24) is 0 Å². The molecule has 1 aromatic rings. The second-order valence-corrected chi connectivity index (χ2v) is 6.05. The van der Waals surface area contributed by atoms with E-state index < -0.39 is 9.84 Å². The third-order valence-corrected chi connectivity index (χ3v) is 4.05. The molecule has 0 heterocycles. The summed E-state index contributed by atoms with van der Waals surface area (Å²) in [4.78, 5) is 0. The van der Waals surface area contributed by atoms with Crippen LogP contribution in [-0.4, -0.2) is 38.2 Å². The first-order chi connectivity index (χ1) is 8.14. The van der Waals surface area contributed by atoms with E-state index in [4.69, 9.17) is 9.84 Å². The molecule has 0 fully saturated rings. The Morgan fingerprint density at radius 3 is 2.35 bits per heavy atom. The Bertz CT molecular complexity index is 400. The Hall–Kier alpha value is -1.07. The normalized spacial score (nSPS) is 11.4. The maximum Gasteiger partial charge on any atom is 0.150 e. The second kappa shape index (κ2) is 7.29. The average Bonchev–Trinajstić information content (AvgIpc) is 2.34. The van der Waals surface area contributed by atoms with Crippen LogP contribution >= 0.6 is 0 Å². The van der Waals surface area contributed by atoms with Gasteiger partial charge in [0.1, 0.15) is 5.75 Å². The molecule has 96 valence electrons. The Morgan fingerprint density at radius 1 is 1.06 bits per heavy atom. The Labute approximate surface area is 102 Å². The van der Waals surface area contributed by atoms with E-state index >= 15 is 0 Å². The van der Waals surface area contributed by atoms with Crippen molar-refractivity contribution >= 4 is 9.84 Å². The molecule has 0 saturated carbocycles. The average molecular weight is 258 g/mol. The largest absolute Gasteiger partial charge is 0.494 e. The van der Waals surface area contributed by atoms with E-state index in [-0.39, 0.29) is 18.1 Å². The quantitative estimate of drug-likeness (QED) is 0.713. The molecule has 0 amide bonds. The lowest BCUT2D eigenvalue weighted by atomic mass is 10.3. The highest BCUT2D eigenvalue weighted by Gasteiger charge is 2.09. The monoisotopic (exact) mass is 258 g/mol. The molecule has 0 aromatic heterocycles. The summed E-state index contributed by atoms with van der Waals surface area (Å²) in [5.41, 5.74) is 0. The number of hydrogen-bond acceptors (Lipinski definition) is 4. The van der Waals surface area contributed by atoms with E-state index in [0.717, 1.165) is 5.75 Å². The van der Waals surface area contributed by atoms with Gasteiger partial charge in [0.25, 0.3) is 0 Å². The van der Waals surface area contributed by atoms with Crippen LogP contribution in [0.15, 0.2) is 30.3 Å². The van der Waals surface area contributed by atoms with Crippen molar-refractivity contribution < 1.29 is 18.3 Å². The van der Waals surface area contributed by atoms with Crippen molar-refractivity contribution in [3.05, 3.63) is 30.3 Å². The first-order valence-corrected chi connectivity index (χ1v) is 7.45. The van der Waals surface area contributed by atoms with E-state index in [2.05, 4.69) is 0 Å². The van der Waals surface area contributed by atoms with Crippen molar-refractivity contribution in [2.45, 2.75) is 12.8 Å². The van der Waals surface area contributed by atoms with Gasteiger partial charge >= 0.3 is 0 Å². The molecule has 0 aliphatic carbocycles. The second-order valence-electron chi connectivity index (χ2n) is 3.74. The van der Waals surface area contributed by atoms with Crippen molar-refractivity contribution in [3.63, 3.8) is 0 Å². The molecule has 1 rings (SSSR count). The minimum Gasteiger partial charge on any atom is -0.494 e. The van der Waals surface area contributed by atoms with Crippen LogP contribution in [0, 0.1) is 0 Å². The first kappa shape index (κ1) is 14.0. The van der Waals surface area contributed by atoms with E-state index in [1.165, 1.54) is 0 Å². The molecule has 0 spiro atoms. The first-order valence-electron chi connectivity index (χ1n) is 5.63. The van der Waals surface area contributed by atoms with Gasteiger partial charge in [-0.25, -0.2) is 8.42 Å². The number of aliphatic hydroxyl groups excluding tert-OH is 1. The van der Waals surface area contributed by atoms with E-state index in [9.17, 15) is 8.42 Å². The van der Waals surface area contributed by atoms with Crippen LogP contribution in [0.25, 0.3) is 0 Å². The van der Waals surface area contributed by atoms with Crippen LogP contribution in [0.1, 0.15) is 12.8 Å². The lowest BCUT2D eigenvalue weighted by Gasteiger charge is -2.06. The van der Waals surface area contributed by atoms with Gasteiger partial charge in [-0.2, -0.15) is 0 Å². The SMILES string of the molecule is O=S(=O)(CCCO)CCCOc1ccccc1. The molecular formula is C12H18O4S. The van der Waals surface area contributed by atoms with Gasteiger partial charge in [-0.05, 0) is 25.0 Å². The summed E-state index contributed by atoms with van der Waals surface area (Å²) in [6.07, 6.45) is 0.782. The molecule has 4 nitrogen and oxygen atoms in total. The lowest BCUT2D eigenvalue weighted by molar-refractivity contribution is 0.295. The summed E-state index contributed by atoms with van der Waals surface area (Å²) in [5, 5.41) is 8.56. The number of benzene rings is 1. The third-order valence-electron chi connectivity index (χ3n) is 2.23. The highest BCUT2D eigenvalue weighted by molar-refractivity contribution is 7.91. The van der Waals surface area contributed by atoms with Gasteiger partial charge in [-0.1, -0.05) is 18.2 Å². The summed E-state index contributed by atoms with van der Waals surface area (Å²) < 4.78 is 28.3. The third kappa shape index (κ3) is 6.28. The number of sulfone groups is 1. The molecule has 0 atom stereocenters. The van der Waals surface area contributed by atoms with E-state index in [1.807, 2.05) is 30.3 Å². The molecule has 0 aliphatic rings. The van der Waals surface area contributed by atoms with Gasteiger partial charge in [0, 0.05) is 6.61 Å². The summed E-state index contributed by atoms with van der Waals surface area (Å²) >= 11 is 0. The van der Waals surface area contributed by atoms with Gasteiger partial charge in [0.15, 0.2) is 9.84 Å². The van der Waals surface area contributed by atoms with Crippen molar-refractivity contribution in [1.29, 1.82) is 0 Å². The highest BCUT2D eigenvalue weighted by Crippen LogP contribution is 2.08. The Balaban J connectivity index is 2.20. The van der Waals surface area contributed by atoms with Crippen molar-refractivity contribution in [3.8, 4) is 5.75 Å². The topological polar surface area (TPSA) is 63.6 Å². The fraction of sp³-hybridized carbons (Fsp3) is 0.500.